The van der Waals surface area contributed by atoms with Gasteiger partial charge in [-0.25, -0.2) is 12.7 Å². The van der Waals surface area contributed by atoms with Crippen LogP contribution in [0.25, 0.3) is 0 Å². The fourth-order valence-electron chi connectivity index (χ4n) is 6.99. The molecule has 0 aliphatic heterocycles. The predicted molar refractivity (Wildman–Crippen MR) is 123 cm³/mol. The molecule has 0 spiro atoms. The Hall–Kier alpha value is -2.18. The Kier molecular flexibility index (Phi) is 5.21. The molecule has 0 aromatic heterocycles. The number of phenolic OH excluding ortho intramolecular Hbond substituents is 1. The summed E-state index contributed by atoms with van der Waals surface area (Å²) < 4.78 is 27.7. The third-order valence-electron chi connectivity index (χ3n) is 8.50. The molecule has 3 aliphatic rings. The quantitative estimate of drug-likeness (QED) is 0.746. The average Bonchev–Trinajstić information content (AvgIpc) is 3.03. The van der Waals surface area contributed by atoms with E-state index in [-0.39, 0.29) is 17.3 Å². The maximum absolute atomic E-state index is 13.2. The lowest BCUT2D eigenvalue weighted by Gasteiger charge is -2.50. The second kappa shape index (κ2) is 7.70. The minimum Gasteiger partial charge on any atom is -0.508 e. The van der Waals surface area contributed by atoms with Gasteiger partial charge in [-0.3, -0.25) is 4.79 Å². The molecular weight excluding hydrogens is 422 g/mol. The minimum absolute atomic E-state index is 0.0300. The first-order valence-corrected chi connectivity index (χ1v) is 13.0. The van der Waals surface area contributed by atoms with Crippen molar-refractivity contribution in [3.05, 3.63) is 59.7 Å². The maximum atomic E-state index is 13.2. The highest BCUT2D eigenvalue weighted by Crippen LogP contribution is 2.61. The van der Waals surface area contributed by atoms with Crippen molar-refractivity contribution in [2.75, 3.05) is 13.6 Å². The van der Waals surface area contributed by atoms with Crippen molar-refractivity contribution in [2.24, 2.45) is 23.2 Å². The van der Waals surface area contributed by atoms with Gasteiger partial charge in [0.25, 0.3) is 0 Å². The molecule has 0 saturated heterocycles. The number of fused-ring (bicyclic) bond motifs is 5. The lowest BCUT2D eigenvalue weighted by atomic mass is 9.54. The van der Waals surface area contributed by atoms with Crippen molar-refractivity contribution in [1.29, 1.82) is 0 Å². The number of hydrogen-bond acceptors (Lipinski definition) is 4. The molecule has 0 amide bonds. The number of carbonyl (C=O) groups excluding carboxylic acids is 1. The molecule has 170 valence electrons. The molecule has 32 heavy (non-hydrogen) atoms. The van der Waals surface area contributed by atoms with Gasteiger partial charge in [-0.15, -0.1) is 0 Å². The van der Waals surface area contributed by atoms with Gasteiger partial charge in [0, 0.05) is 25.4 Å². The summed E-state index contributed by atoms with van der Waals surface area (Å²) in [7, 11) is -1.95. The molecule has 5 atom stereocenters. The zero-order valence-electron chi connectivity index (χ0n) is 18.7. The molecule has 1 N–H and O–H groups in total. The standard InChI is InChI=1S/C26H31NO4S/c1-26-13-12-22-21-11-9-19(28)14-17(21)8-10-23(22)25(26)18(15-24(26)29)16-27(2)32(30,31)20-6-4-3-5-7-20/h3-7,9,11,14,18,22-23,25,28H,8,10,12-13,15-16H2,1-2H3/t18-,22?,23?,25?,26-/m1/s1. The molecule has 0 bridgehead atoms. The average molecular weight is 454 g/mol. The van der Waals surface area contributed by atoms with Crippen molar-refractivity contribution < 1.29 is 18.3 Å². The number of rotatable bonds is 4. The molecule has 5 nitrogen and oxygen atoms in total. The molecule has 2 saturated carbocycles. The summed E-state index contributed by atoms with van der Waals surface area (Å²) in [5.41, 5.74) is 2.17. The lowest BCUT2D eigenvalue weighted by molar-refractivity contribution is -0.129. The molecule has 2 aromatic carbocycles. The molecule has 0 heterocycles. The third-order valence-corrected chi connectivity index (χ3v) is 10.3. The van der Waals surface area contributed by atoms with Crippen LogP contribution in [-0.2, 0) is 21.2 Å². The number of carbonyl (C=O) groups is 1. The number of nitrogens with zero attached hydrogens (tertiary/aromatic N) is 1. The smallest absolute Gasteiger partial charge is 0.242 e. The van der Waals surface area contributed by atoms with Crippen LogP contribution >= 0.6 is 0 Å². The van der Waals surface area contributed by atoms with Crippen molar-refractivity contribution in [1.82, 2.24) is 4.31 Å². The summed E-state index contributed by atoms with van der Waals surface area (Å²) in [5, 5.41) is 9.91. The molecule has 2 aromatic rings. The van der Waals surface area contributed by atoms with Gasteiger partial charge in [0.05, 0.1) is 4.90 Å². The molecular formula is C26H31NO4S. The highest BCUT2D eigenvalue weighted by Gasteiger charge is 2.58. The van der Waals surface area contributed by atoms with E-state index in [0.717, 1.165) is 25.7 Å². The van der Waals surface area contributed by atoms with E-state index in [4.69, 9.17) is 0 Å². The van der Waals surface area contributed by atoms with Crippen LogP contribution in [-0.4, -0.2) is 37.2 Å². The summed E-state index contributed by atoms with van der Waals surface area (Å²) in [6, 6.07) is 14.2. The number of phenols is 1. The molecule has 5 rings (SSSR count). The fraction of sp³-hybridized carbons (Fsp3) is 0.500. The normalized spacial score (nSPS) is 31.8. The van der Waals surface area contributed by atoms with Crippen molar-refractivity contribution in [3.63, 3.8) is 0 Å². The van der Waals surface area contributed by atoms with E-state index in [1.807, 2.05) is 12.1 Å². The molecule has 0 radical (unpaired) electrons. The second-order valence-electron chi connectivity index (χ2n) is 10.2. The monoisotopic (exact) mass is 453 g/mol. The van der Waals surface area contributed by atoms with E-state index in [9.17, 15) is 18.3 Å². The third kappa shape index (κ3) is 3.30. The van der Waals surface area contributed by atoms with E-state index < -0.39 is 10.0 Å². The SMILES string of the molecule is CN(C[C@H]1CC(=O)[C@@]2(C)CCC3c4ccc(O)cc4CCC3C12)S(=O)(=O)c1ccccc1. The van der Waals surface area contributed by atoms with Crippen LogP contribution in [0.15, 0.2) is 53.4 Å². The van der Waals surface area contributed by atoms with Crippen molar-refractivity contribution in [2.45, 2.75) is 49.8 Å². The van der Waals surface area contributed by atoms with Gasteiger partial charge in [-0.1, -0.05) is 31.2 Å². The van der Waals surface area contributed by atoms with Crippen LogP contribution < -0.4 is 0 Å². The summed E-state index contributed by atoms with van der Waals surface area (Å²) in [4.78, 5) is 13.5. The van der Waals surface area contributed by atoms with Gasteiger partial charge in [-0.2, -0.15) is 0 Å². The molecule has 3 unspecified atom stereocenters. The van der Waals surface area contributed by atoms with Gasteiger partial charge in [0.15, 0.2) is 0 Å². The summed E-state index contributed by atoms with van der Waals surface area (Å²) >= 11 is 0. The second-order valence-corrected chi connectivity index (χ2v) is 12.2. The first kappa shape index (κ1) is 21.7. The van der Waals surface area contributed by atoms with E-state index >= 15 is 0 Å². The van der Waals surface area contributed by atoms with Gasteiger partial charge in [0.1, 0.15) is 11.5 Å². The predicted octanol–water partition coefficient (Wildman–Crippen LogP) is 4.36. The Bertz CT molecular complexity index is 1150. The fourth-order valence-corrected chi connectivity index (χ4v) is 8.24. The summed E-state index contributed by atoms with van der Waals surface area (Å²) in [6.45, 7) is 2.49. The zero-order valence-corrected chi connectivity index (χ0v) is 19.5. The van der Waals surface area contributed by atoms with Gasteiger partial charge in [0.2, 0.25) is 10.0 Å². The van der Waals surface area contributed by atoms with Crippen LogP contribution in [0, 0.1) is 23.2 Å². The number of benzene rings is 2. The Balaban J connectivity index is 1.45. The summed E-state index contributed by atoms with van der Waals surface area (Å²) in [6.07, 6.45) is 4.17. The topological polar surface area (TPSA) is 74.7 Å². The maximum Gasteiger partial charge on any atom is 0.242 e. The Morgan fingerprint density at radius 2 is 1.88 bits per heavy atom. The van der Waals surface area contributed by atoms with Crippen molar-refractivity contribution >= 4 is 15.8 Å². The molecule has 2 fully saturated rings. The van der Waals surface area contributed by atoms with Crippen LogP contribution in [0.5, 0.6) is 5.75 Å². The van der Waals surface area contributed by atoms with E-state index in [1.165, 1.54) is 15.4 Å². The number of ketones is 1. The van der Waals surface area contributed by atoms with E-state index in [1.54, 1.807) is 37.4 Å². The number of Topliss-reactive ketones (excluding diaryl/α,β-unsaturated/α-hetero) is 1. The van der Waals surface area contributed by atoms with Crippen molar-refractivity contribution in [3.8, 4) is 5.75 Å². The van der Waals surface area contributed by atoms with E-state index in [2.05, 4.69) is 13.0 Å². The first-order chi connectivity index (χ1) is 15.2. The minimum atomic E-state index is -3.59. The van der Waals surface area contributed by atoms with Crippen LogP contribution in [0.4, 0.5) is 0 Å². The van der Waals surface area contributed by atoms with Gasteiger partial charge in [-0.05, 0) is 84.7 Å². The Morgan fingerprint density at radius 1 is 1.12 bits per heavy atom. The Morgan fingerprint density at radius 3 is 2.62 bits per heavy atom. The largest absolute Gasteiger partial charge is 0.508 e. The summed E-state index contributed by atoms with van der Waals surface area (Å²) in [5.74, 6) is 1.57. The number of hydrogen-bond donors (Lipinski definition) is 1. The van der Waals surface area contributed by atoms with Crippen LogP contribution in [0.2, 0.25) is 0 Å². The van der Waals surface area contributed by atoms with Gasteiger partial charge < -0.3 is 5.11 Å². The number of aryl methyl sites for hydroxylation is 1. The first-order valence-electron chi connectivity index (χ1n) is 11.6. The molecule has 6 heteroatoms. The van der Waals surface area contributed by atoms with E-state index in [0.29, 0.717) is 41.2 Å². The highest BCUT2D eigenvalue weighted by atomic mass is 32.2. The number of sulfonamides is 1. The zero-order chi connectivity index (χ0) is 22.7. The number of aromatic hydroxyl groups is 1. The highest BCUT2D eigenvalue weighted by molar-refractivity contribution is 7.89. The van der Waals surface area contributed by atoms with Crippen LogP contribution in [0.3, 0.4) is 0 Å². The molecule has 3 aliphatic carbocycles. The lowest BCUT2D eigenvalue weighted by Crippen LogP contribution is -2.46. The Labute approximate surface area is 190 Å². The van der Waals surface area contributed by atoms with Crippen LogP contribution in [0.1, 0.15) is 49.7 Å². The van der Waals surface area contributed by atoms with Gasteiger partial charge >= 0.3 is 0 Å².